The lowest BCUT2D eigenvalue weighted by molar-refractivity contribution is -0.254. The van der Waals surface area contributed by atoms with Gasteiger partial charge in [-0.2, -0.15) is 8.78 Å². The van der Waals surface area contributed by atoms with Gasteiger partial charge >= 0.3 is 6.61 Å². The average Bonchev–Trinajstić information content (AvgIpc) is 2.63. The summed E-state index contributed by atoms with van der Waals surface area (Å²) < 4.78 is 40.2. The Kier molecular flexibility index (Phi) is 7.14. The first kappa shape index (κ1) is 20.9. The van der Waals surface area contributed by atoms with E-state index in [0.29, 0.717) is 0 Å². The lowest BCUT2D eigenvalue weighted by atomic mass is 10.1. The molecule has 0 atom stereocenters. The summed E-state index contributed by atoms with van der Waals surface area (Å²) in [6, 6.07) is 7.78. The van der Waals surface area contributed by atoms with E-state index in [9.17, 15) is 23.5 Å². The fraction of sp³-hybridized carbons (Fsp3) is 0.263. The van der Waals surface area contributed by atoms with Gasteiger partial charge in [0.05, 0.1) is 30.4 Å². The largest absolute Gasteiger partial charge is 0.545 e. The Balaban J connectivity index is 2.43. The molecule has 0 spiro atoms. The molecule has 2 aromatic carbocycles. The molecule has 2 rings (SSSR count). The molecule has 0 unspecified atom stereocenters. The number of alkyl halides is 2. The Morgan fingerprint density at radius 1 is 1.00 bits per heavy atom. The molecule has 0 aliphatic rings. The quantitative estimate of drug-likeness (QED) is 0.702. The number of hydrogen-bond acceptors (Lipinski definition) is 6. The Bertz CT molecular complexity index is 856. The molecule has 150 valence electrons. The summed E-state index contributed by atoms with van der Waals surface area (Å²) in [6.07, 6.45) is 0. The van der Waals surface area contributed by atoms with E-state index in [2.05, 4.69) is 10.1 Å². The van der Waals surface area contributed by atoms with Gasteiger partial charge in [0.1, 0.15) is 5.75 Å². The first-order valence-corrected chi connectivity index (χ1v) is 8.37. The molecular formula is C19H18F2NO6-. The maximum Gasteiger partial charge on any atom is 0.387 e. The van der Waals surface area contributed by atoms with Crippen LogP contribution in [0.15, 0.2) is 36.4 Å². The van der Waals surface area contributed by atoms with Crippen LogP contribution in [0.2, 0.25) is 0 Å². The van der Waals surface area contributed by atoms with Gasteiger partial charge in [-0.3, -0.25) is 4.79 Å². The van der Waals surface area contributed by atoms with Gasteiger partial charge in [0.2, 0.25) is 0 Å². The molecule has 9 heteroatoms. The van der Waals surface area contributed by atoms with Crippen LogP contribution in [0.4, 0.5) is 14.5 Å². The third-order valence-corrected chi connectivity index (χ3v) is 3.50. The summed E-state index contributed by atoms with van der Waals surface area (Å²) in [4.78, 5) is 24.0. The summed E-state index contributed by atoms with van der Waals surface area (Å²) in [5.74, 6) is -2.37. The second-order valence-electron chi connectivity index (χ2n) is 5.33. The number of ether oxygens (including phenoxy) is 3. The van der Waals surface area contributed by atoms with Crippen molar-refractivity contribution >= 4 is 17.6 Å². The number of hydrogen-bond donors (Lipinski definition) is 1. The van der Waals surface area contributed by atoms with Crippen molar-refractivity contribution in [2.24, 2.45) is 0 Å². The number of rotatable bonds is 9. The second-order valence-corrected chi connectivity index (χ2v) is 5.33. The topological polar surface area (TPSA) is 96.9 Å². The zero-order valence-electron chi connectivity index (χ0n) is 15.2. The number of nitrogens with one attached hydrogen (secondary N) is 1. The highest BCUT2D eigenvalue weighted by atomic mass is 19.3. The molecule has 7 nitrogen and oxygen atoms in total. The highest BCUT2D eigenvalue weighted by Gasteiger charge is 2.19. The first-order valence-electron chi connectivity index (χ1n) is 8.37. The SMILES string of the molecule is CCOc1cc(NC(=O)c2ccccc2OC(F)F)c(C(=O)[O-])cc1OCC. The molecule has 0 saturated carbocycles. The van der Waals surface area contributed by atoms with Crippen molar-refractivity contribution in [3.05, 3.63) is 47.5 Å². The van der Waals surface area contributed by atoms with Crippen molar-refractivity contribution in [2.45, 2.75) is 20.5 Å². The Labute approximate surface area is 159 Å². The Morgan fingerprint density at radius 2 is 1.61 bits per heavy atom. The minimum atomic E-state index is -3.12. The third kappa shape index (κ3) is 5.09. The van der Waals surface area contributed by atoms with Crippen molar-refractivity contribution < 1.29 is 37.7 Å². The number of para-hydroxylation sites is 1. The molecule has 0 saturated heterocycles. The Morgan fingerprint density at radius 3 is 2.18 bits per heavy atom. The molecule has 0 aromatic heterocycles. The lowest BCUT2D eigenvalue weighted by Gasteiger charge is -2.18. The van der Waals surface area contributed by atoms with Gasteiger partial charge in [-0.25, -0.2) is 0 Å². The molecular weight excluding hydrogens is 376 g/mol. The molecule has 0 fully saturated rings. The van der Waals surface area contributed by atoms with Crippen LogP contribution in [0.1, 0.15) is 34.6 Å². The van der Waals surface area contributed by atoms with E-state index in [1.165, 1.54) is 36.4 Å². The molecule has 0 aliphatic heterocycles. The summed E-state index contributed by atoms with van der Waals surface area (Å²) in [7, 11) is 0. The highest BCUT2D eigenvalue weighted by Crippen LogP contribution is 2.34. The van der Waals surface area contributed by atoms with E-state index >= 15 is 0 Å². The minimum Gasteiger partial charge on any atom is -0.545 e. The first-order chi connectivity index (χ1) is 13.4. The summed E-state index contributed by atoms with van der Waals surface area (Å²) in [5, 5.41) is 13.9. The van der Waals surface area contributed by atoms with E-state index in [4.69, 9.17) is 9.47 Å². The second kappa shape index (κ2) is 9.54. The van der Waals surface area contributed by atoms with Crippen molar-refractivity contribution in [1.29, 1.82) is 0 Å². The zero-order chi connectivity index (χ0) is 20.7. The van der Waals surface area contributed by atoms with Gasteiger partial charge in [0, 0.05) is 11.6 Å². The number of carbonyl (C=O) groups is 2. The normalized spacial score (nSPS) is 10.5. The number of benzene rings is 2. The number of halogens is 2. The predicted molar refractivity (Wildman–Crippen MR) is 94.1 cm³/mol. The molecule has 0 aliphatic carbocycles. The molecule has 0 radical (unpaired) electrons. The zero-order valence-corrected chi connectivity index (χ0v) is 15.2. The van der Waals surface area contributed by atoms with Gasteiger partial charge in [-0.1, -0.05) is 12.1 Å². The minimum absolute atomic E-state index is 0.135. The number of carboxylic acid groups (broad SMARTS) is 1. The lowest BCUT2D eigenvalue weighted by Crippen LogP contribution is -2.25. The number of carboxylic acids is 1. The van der Waals surface area contributed by atoms with Crippen LogP contribution in [0, 0.1) is 0 Å². The van der Waals surface area contributed by atoms with Gasteiger partial charge in [0.25, 0.3) is 5.91 Å². The van der Waals surface area contributed by atoms with Crippen LogP contribution in [0.3, 0.4) is 0 Å². The molecule has 2 aromatic rings. The van der Waals surface area contributed by atoms with E-state index in [1.807, 2.05) is 0 Å². The maximum atomic E-state index is 12.5. The Hall–Kier alpha value is -3.36. The van der Waals surface area contributed by atoms with E-state index in [-0.39, 0.29) is 47.3 Å². The van der Waals surface area contributed by atoms with Crippen LogP contribution < -0.4 is 24.6 Å². The predicted octanol–water partition coefficient (Wildman–Crippen LogP) is 2.70. The smallest absolute Gasteiger partial charge is 0.387 e. The number of amides is 1. The van der Waals surface area contributed by atoms with Gasteiger partial charge in [-0.05, 0) is 32.0 Å². The van der Waals surface area contributed by atoms with Crippen LogP contribution in [0.5, 0.6) is 17.2 Å². The summed E-state index contributed by atoms with van der Waals surface area (Å²) in [5.41, 5.74) is -0.685. The number of aromatic carboxylic acids is 1. The maximum absolute atomic E-state index is 12.5. The van der Waals surface area contributed by atoms with Crippen LogP contribution in [0.25, 0.3) is 0 Å². The van der Waals surface area contributed by atoms with Crippen LogP contribution >= 0.6 is 0 Å². The third-order valence-electron chi connectivity index (χ3n) is 3.50. The van der Waals surface area contributed by atoms with Crippen molar-refractivity contribution in [1.82, 2.24) is 0 Å². The molecule has 1 amide bonds. The van der Waals surface area contributed by atoms with Crippen molar-refractivity contribution in [2.75, 3.05) is 18.5 Å². The molecule has 0 bridgehead atoms. The standard InChI is InChI=1S/C19H19F2NO6/c1-3-26-15-9-12(18(24)25)13(10-16(15)27-4-2)22-17(23)11-7-5-6-8-14(11)28-19(20)21/h5-10,19H,3-4H2,1-2H3,(H,22,23)(H,24,25)/p-1. The van der Waals surface area contributed by atoms with Crippen LogP contribution in [-0.4, -0.2) is 31.7 Å². The van der Waals surface area contributed by atoms with E-state index in [0.717, 1.165) is 0 Å². The van der Waals surface area contributed by atoms with Crippen molar-refractivity contribution in [3.8, 4) is 17.2 Å². The molecule has 0 heterocycles. The fourth-order valence-electron chi connectivity index (χ4n) is 2.41. The highest BCUT2D eigenvalue weighted by molar-refractivity contribution is 6.09. The summed E-state index contributed by atoms with van der Waals surface area (Å²) in [6.45, 7) is 0.838. The van der Waals surface area contributed by atoms with Gasteiger partial charge in [-0.15, -0.1) is 0 Å². The molecule has 28 heavy (non-hydrogen) atoms. The van der Waals surface area contributed by atoms with Crippen molar-refractivity contribution in [3.63, 3.8) is 0 Å². The average molecular weight is 394 g/mol. The van der Waals surface area contributed by atoms with E-state index < -0.39 is 18.5 Å². The number of anilines is 1. The van der Waals surface area contributed by atoms with Gasteiger partial charge < -0.3 is 29.4 Å². The van der Waals surface area contributed by atoms with E-state index in [1.54, 1.807) is 13.8 Å². The van der Waals surface area contributed by atoms with Gasteiger partial charge in [0.15, 0.2) is 11.5 Å². The molecule has 1 N–H and O–H groups in total. The summed E-state index contributed by atoms with van der Waals surface area (Å²) >= 11 is 0. The fourth-order valence-corrected chi connectivity index (χ4v) is 2.41. The number of carbonyl (C=O) groups excluding carboxylic acids is 2. The van der Waals surface area contributed by atoms with Crippen LogP contribution in [-0.2, 0) is 0 Å². The monoisotopic (exact) mass is 394 g/mol.